The van der Waals surface area contributed by atoms with Crippen molar-refractivity contribution in [3.63, 3.8) is 0 Å². The van der Waals surface area contributed by atoms with Crippen LogP contribution < -0.4 is 15.8 Å². The highest BCUT2D eigenvalue weighted by Gasteiger charge is 2.28. The highest BCUT2D eigenvalue weighted by molar-refractivity contribution is 5.79. The Morgan fingerprint density at radius 3 is 2.67 bits per heavy atom. The standard InChI is InChI=1S/C17H26N2O2/c1-12(19-17(20)14-7-8-15(18)11-14)3-4-13-5-9-16(21-2)10-6-13/h5-6,9-10,12,14-15H,3-4,7-8,11,18H2,1-2H3,(H,19,20). The Bertz CT molecular complexity index is 458. The summed E-state index contributed by atoms with van der Waals surface area (Å²) >= 11 is 0. The summed E-state index contributed by atoms with van der Waals surface area (Å²) in [6, 6.07) is 8.48. The van der Waals surface area contributed by atoms with Crippen LogP contribution >= 0.6 is 0 Å². The van der Waals surface area contributed by atoms with E-state index in [-0.39, 0.29) is 23.9 Å². The molecule has 0 heterocycles. The first-order valence-electron chi connectivity index (χ1n) is 7.77. The number of ether oxygens (including phenoxy) is 1. The van der Waals surface area contributed by atoms with Gasteiger partial charge in [-0.3, -0.25) is 4.79 Å². The number of carbonyl (C=O) groups excluding carboxylic acids is 1. The molecule has 0 spiro atoms. The molecule has 2 rings (SSSR count). The minimum atomic E-state index is 0.114. The molecule has 0 bridgehead atoms. The van der Waals surface area contributed by atoms with Crippen molar-refractivity contribution >= 4 is 5.91 Å². The molecule has 0 aromatic heterocycles. The number of benzene rings is 1. The van der Waals surface area contributed by atoms with E-state index in [1.54, 1.807) is 7.11 Å². The number of nitrogens with one attached hydrogen (secondary N) is 1. The molecule has 21 heavy (non-hydrogen) atoms. The number of rotatable bonds is 6. The predicted molar refractivity (Wildman–Crippen MR) is 84.2 cm³/mol. The highest BCUT2D eigenvalue weighted by Crippen LogP contribution is 2.24. The van der Waals surface area contributed by atoms with Gasteiger partial charge in [-0.15, -0.1) is 0 Å². The fraction of sp³-hybridized carbons (Fsp3) is 0.588. The summed E-state index contributed by atoms with van der Waals surface area (Å²) in [5.74, 6) is 1.16. The molecule has 1 saturated carbocycles. The van der Waals surface area contributed by atoms with Gasteiger partial charge in [-0.25, -0.2) is 0 Å². The highest BCUT2D eigenvalue weighted by atomic mass is 16.5. The van der Waals surface area contributed by atoms with Crippen molar-refractivity contribution in [2.75, 3.05) is 7.11 Å². The number of methoxy groups -OCH3 is 1. The van der Waals surface area contributed by atoms with Crippen molar-refractivity contribution in [3.8, 4) is 5.75 Å². The van der Waals surface area contributed by atoms with E-state index < -0.39 is 0 Å². The molecule has 116 valence electrons. The molecular formula is C17H26N2O2. The van der Waals surface area contributed by atoms with Crippen LogP contribution in [0.5, 0.6) is 5.75 Å². The zero-order valence-electron chi connectivity index (χ0n) is 13.0. The van der Waals surface area contributed by atoms with Crippen LogP contribution in [0.2, 0.25) is 0 Å². The van der Waals surface area contributed by atoms with Crippen molar-refractivity contribution in [1.82, 2.24) is 5.32 Å². The fourth-order valence-electron chi connectivity index (χ4n) is 2.86. The van der Waals surface area contributed by atoms with Gasteiger partial charge in [0.25, 0.3) is 0 Å². The first kappa shape index (κ1) is 15.8. The minimum absolute atomic E-state index is 0.114. The molecule has 3 atom stereocenters. The normalized spacial score (nSPS) is 22.8. The van der Waals surface area contributed by atoms with Crippen molar-refractivity contribution in [2.45, 2.75) is 51.1 Å². The Balaban J connectivity index is 1.73. The van der Waals surface area contributed by atoms with E-state index in [4.69, 9.17) is 10.5 Å². The van der Waals surface area contributed by atoms with E-state index in [1.165, 1.54) is 5.56 Å². The van der Waals surface area contributed by atoms with Crippen LogP contribution in [0.3, 0.4) is 0 Å². The number of hydrogen-bond donors (Lipinski definition) is 2. The zero-order valence-corrected chi connectivity index (χ0v) is 13.0. The topological polar surface area (TPSA) is 64.3 Å². The number of nitrogens with two attached hydrogens (primary N) is 1. The molecule has 4 nitrogen and oxygen atoms in total. The van der Waals surface area contributed by atoms with Crippen LogP contribution in [-0.2, 0) is 11.2 Å². The fourth-order valence-corrected chi connectivity index (χ4v) is 2.86. The number of carbonyl (C=O) groups is 1. The quantitative estimate of drug-likeness (QED) is 0.844. The predicted octanol–water partition coefficient (Wildman–Crippen LogP) is 2.26. The third kappa shape index (κ3) is 4.74. The van der Waals surface area contributed by atoms with E-state index in [1.807, 2.05) is 12.1 Å². The van der Waals surface area contributed by atoms with Gasteiger partial charge in [0.05, 0.1) is 7.11 Å². The maximum Gasteiger partial charge on any atom is 0.223 e. The summed E-state index contributed by atoms with van der Waals surface area (Å²) in [6.07, 6.45) is 4.63. The molecule has 1 aromatic carbocycles. The van der Waals surface area contributed by atoms with Gasteiger partial charge in [0.15, 0.2) is 0 Å². The molecular weight excluding hydrogens is 264 g/mol. The van der Waals surface area contributed by atoms with Crippen molar-refractivity contribution < 1.29 is 9.53 Å². The van der Waals surface area contributed by atoms with E-state index in [2.05, 4.69) is 24.4 Å². The Morgan fingerprint density at radius 2 is 2.10 bits per heavy atom. The molecule has 1 aliphatic rings. The molecule has 3 unspecified atom stereocenters. The summed E-state index contributed by atoms with van der Waals surface area (Å²) in [5.41, 5.74) is 7.13. The maximum atomic E-state index is 12.1. The second-order valence-corrected chi connectivity index (χ2v) is 6.07. The molecule has 1 amide bonds. The summed E-state index contributed by atoms with van der Waals surface area (Å²) < 4.78 is 5.15. The van der Waals surface area contributed by atoms with Gasteiger partial charge in [-0.05, 0) is 56.7 Å². The van der Waals surface area contributed by atoms with Gasteiger partial charge in [0.2, 0.25) is 5.91 Å². The third-order valence-electron chi connectivity index (χ3n) is 4.26. The van der Waals surface area contributed by atoms with Gasteiger partial charge < -0.3 is 15.8 Å². The molecule has 0 saturated heterocycles. The van der Waals surface area contributed by atoms with Gasteiger partial charge >= 0.3 is 0 Å². The molecule has 0 radical (unpaired) electrons. The van der Waals surface area contributed by atoms with Crippen LogP contribution in [0.1, 0.15) is 38.2 Å². The molecule has 0 aliphatic heterocycles. The number of amides is 1. The lowest BCUT2D eigenvalue weighted by molar-refractivity contribution is -0.125. The van der Waals surface area contributed by atoms with Crippen LogP contribution in [0.4, 0.5) is 0 Å². The smallest absolute Gasteiger partial charge is 0.223 e. The van der Waals surface area contributed by atoms with Gasteiger partial charge in [0.1, 0.15) is 5.75 Å². The van der Waals surface area contributed by atoms with Crippen LogP contribution in [0, 0.1) is 5.92 Å². The summed E-state index contributed by atoms with van der Waals surface area (Å²) in [6.45, 7) is 2.07. The second-order valence-electron chi connectivity index (χ2n) is 6.07. The Labute approximate surface area is 127 Å². The van der Waals surface area contributed by atoms with E-state index in [0.29, 0.717) is 0 Å². The molecule has 1 aromatic rings. The van der Waals surface area contributed by atoms with Gasteiger partial charge in [-0.1, -0.05) is 12.1 Å². The van der Waals surface area contributed by atoms with Crippen molar-refractivity contribution in [1.29, 1.82) is 0 Å². The molecule has 4 heteroatoms. The van der Waals surface area contributed by atoms with Gasteiger partial charge in [-0.2, -0.15) is 0 Å². The summed E-state index contributed by atoms with van der Waals surface area (Å²) in [7, 11) is 1.67. The second kappa shape index (κ2) is 7.46. The monoisotopic (exact) mass is 290 g/mol. The van der Waals surface area contributed by atoms with Gasteiger partial charge in [0, 0.05) is 18.0 Å². The summed E-state index contributed by atoms with van der Waals surface area (Å²) in [4.78, 5) is 12.1. The van der Waals surface area contributed by atoms with Crippen LogP contribution in [-0.4, -0.2) is 25.1 Å². The van der Waals surface area contributed by atoms with E-state index in [0.717, 1.165) is 37.9 Å². The lowest BCUT2D eigenvalue weighted by Gasteiger charge is -2.17. The Kier molecular flexibility index (Phi) is 5.62. The lowest BCUT2D eigenvalue weighted by Crippen LogP contribution is -2.37. The molecule has 3 N–H and O–H groups in total. The molecule has 1 aliphatic carbocycles. The SMILES string of the molecule is COc1ccc(CCC(C)NC(=O)C2CCC(N)C2)cc1. The maximum absolute atomic E-state index is 12.1. The van der Waals surface area contributed by atoms with Crippen molar-refractivity contribution in [2.24, 2.45) is 11.7 Å². The minimum Gasteiger partial charge on any atom is -0.497 e. The van der Waals surface area contributed by atoms with E-state index in [9.17, 15) is 4.79 Å². The van der Waals surface area contributed by atoms with Crippen LogP contribution in [0.25, 0.3) is 0 Å². The number of hydrogen-bond acceptors (Lipinski definition) is 3. The average molecular weight is 290 g/mol. The Morgan fingerprint density at radius 1 is 1.38 bits per heavy atom. The molecule has 1 fully saturated rings. The lowest BCUT2D eigenvalue weighted by atomic mass is 10.0. The largest absolute Gasteiger partial charge is 0.497 e. The first-order valence-corrected chi connectivity index (χ1v) is 7.77. The summed E-state index contributed by atoms with van der Waals surface area (Å²) in [5, 5.41) is 3.12. The van der Waals surface area contributed by atoms with Crippen LogP contribution in [0.15, 0.2) is 24.3 Å². The average Bonchev–Trinajstić information content (AvgIpc) is 2.92. The first-order chi connectivity index (χ1) is 10.1. The number of aryl methyl sites for hydroxylation is 1. The third-order valence-corrected chi connectivity index (χ3v) is 4.26. The van der Waals surface area contributed by atoms with Crippen molar-refractivity contribution in [3.05, 3.63) is 29.8 Å². The van der Waals surface area contributed by atoms with E-state index >= 15 is 0 Å². The Hall–Kier alpha value is -1.55. The zero-order chi connectivity index (χ0) is 15.2.